The van der Waals surface area contributed by atoms with Gasteiger partial charge in [0.1, 0.15) is 10.7 Å². The van der Waals surface area contributed by atoms with Crippen molar-refractivity contribution in [2.24, 2.45) is 11.7 Å². The summed E-state index contributed by atoms with van der Waals surface area (Å²) in [5.74, 6) is -1.91. The number of hydrogen-bond acceptors (Lipinski definition) is 3. The first-order chi connectivity index (χ1) is 9.24. The molecule has 3 N–H and O–H groups in total. The second-order valence-electron chi connectivity index (χ2n) is 4.92. The molecule has 1 aromatic carbocycles. The summed E-state index contributed by atoms with van der Waals surface area (Å²) >= 11 is 0. The lowest BCUT2D eigenvalue weighted by molar-refractivity contribution is 0.435. The largest absolute Gasteiger partial charge is 0.326 e. The Hall–Kier alpha value is -1.05. The molecule has 0 aliphatic carbocycles. The number of halogens is 2. The Morgan fingerprint density at radius 1 is 1.30 bits per heavy atom. The maximum absolute atomic E-state index is 14.0. The molecule has 0 aromatic heterocycles. The van der Waals surface area contributed by atoms with Crippen molar-refractivity contribution in [2.45, 2.75) is 44.7 Å². The number of rotatable bonds is 6. The molecule has 0 radical (unpaired) electrons. The molecule has 0 amide bonds. The maximum Gasteiger partial charge on any atom is 0.243 e. The molecule has 0 spiro atoms. The molecule has 1 unspecified atom stereocenters. The van der Waals surface area contributed by atoms with Crippen molar-refractivity contribution in [1.29, 1.82) is 0 Å². The van der Waals surface area contributed by atoms with Crippen molar-refractivity contribution in [1.82, 2.24) is 4.72 Å². The van der Waals surface area contributed by atoms with E-state index in [9.17, 15) is 17.2 Å². The molecular formula is C13H20F2N2O2S. The van der Waals surface area contributed by atoms with Crippen LogP contribution in [-0.2, 0) is 16.6 Å². The predicted molar refractivity (Wildman–Crippen MR) is 73.5 cm³/mol. The van der Waals surface area contributed by atoms with Gasteiger partial charge in [-0.05, 0) is 24.5 Å². The molecule has 1 aromatic rings. The van der Waals surface area contributed by atoms with Crippen LogP contribution in [0.1, 0.15) is 32.8 Å². The third kappa shape index (κ3) is 3.53. The fraction of sp³-hybridized carbons (Fsp3) is 0.538. The molecule has 0 aliphatic heterocycles. The first kappa shape index (κ1) is 17.0. The summed E-state index contributed by atoms with van der Waals surface area (Å²) < 4.78 is 54.2. The van der Waals surface area contributed by atoms with Gasteiger partial charge in [0.25, 0.3) is 0 Å². The zero-order valence-electron chi connectivity index (χ0n) is 11.8. The molecule has 20 heavy (non-hydrogen) atoms. The molecule has 0 fully saturated rings. The molecule has 4 nitrogen and oxygen atoms in total. The molecule has 1 rings (SSSR count). The van der Waals surface area contributed by atoms with Crippen molar-refractivity contribution in [3.05, 3.63) is 29.3 Å². The molecule has 114 valence electrons. The van der Waals surface area contributed by atoms with Gasteiger partial charge in [-0.1, -0.05) is 20.8 Å². The Kier molecular flexibility index (Phi) is 5.61. The highest BCUT2D eigenvalue weighted by Crippen LogP contribution is 2.21. The van der Waals surface area contributed by atoms with Gasteiger partial charge in [-0.25, -0.2) is 21.9 Å². The van der Waals surface area contributed by atoms with Crippen LogP contribution in [0.25, 0.3) is 0 Å². The second kappa shape index (κ2) is 6.60. The fourth-order valence-electron chi connectivity index (χ4n) is 1.92. The number of hydrogen-bond donors (Lipinski definition) is 2. The zero-order valence-corrected chi connectivity index (χ0v) is 12.6. The Labute approximate surface area is 118 Å². The minimum Gasteiger partial charge on any atom is -0.326 e. The van der Waals surface area contributed by atoms with Gasteiger partial charge in [-0.15, -0.1) is 0 Å². The summed E-state index contributed by atoms with van der Waals surface area (Å²) in [6.07, 6.45) is 0.573. The van der Waals surface area contributed by atoms with Crippen molar-refractivity contribution in [3.63, 3.8) is 0 Å². The third-order valence-corrected chi connectivity index (χ3v) is 4.70. The van der Waals surface area contributed by atoms with E-state index in [1.54, 1.807) is 0 Å². The Balaban J connectivity index is 3.23. The van der Waals surface area contributed by atoms with Crippen LogP contribution in [0, 0.1) is 17.6 Å². The lowest BCUT2D eigenvalue weighted by Gasteiger charge is -2.21. The molecule has 1 atom stereocenters. The van der Waals surface area contributed by atoms with E-state index in [0.717, 1.165) is 12.1 Å². The van der Waals surface area contributed by atoms with Gasteiger partial charge in [0, 0.05) is 18.2 Å². The van der Waals surface area contributed by atoms with E-state index in [2.05, 4.69) is 4.72 Å². The van der Waals surface area contributed by atoms with Gasteiger partial charge in [-0.2, -0.15) is 0 Å². The number of nitrogens with two attached hydrogens (primary N) is 1. The van der Waals surface area contributed by atoms with Gasteiger partial charge in [0.2, 0.25) is 10.0 Å². The molecular weight excluding hydrogens is 286 g/mol. The van der Waals surface area contributed by atoms with Crippen LogP contribution >= 0.6 is 0 Å². The fourth-order valence-corrected chi connectivity index (χ4v) is 3.50. The topological polar surface area (TPSA) is 72.2 Å². The lowest BCUT2D eigenvalue weighted by Crippen LogP contribution is -2.38. The first-order valence-electron chi connectivity index (χ1n) is 6.43. The molecule has 0 saturated carbocycles. The zero-order chi connectivity index (χ0) is 15.5. The molecule has 7 heteroatoms. The molecule has 0 heterocycles. The Bertz CT molecular complexity index is 574. The van der Waals surface area contributed by atoms with Crippen LogP contribution in [0.5, 0.6) is 0 Å². The van der Waals surface area contributed by atoms with Gasteiger partial charge in [0.05, 0.1) is 0 Å². The summed E-state index contributed by atoms with van der Waals surface area (Å²) in [5.41, 5.74) is 4.82. The minimum atomic E-state index is -4.04. The highest BCUT2D eigenvalue weighted by atomic mass is 32.2. The highest BCUT2D eigenvalue weighted by molar-refractivity contribution is 7.89. The van der Waals surface area contributed by atoms with E-state index in [1.807, 2.05) is 20.8 Å². The summed E-state index contributed by atoms with van der Waals surface area (Å²) in [6, 6.07) is 1.51. The van der Waals surface area contributed by atoms with Crippen LogP contribution in [0.2, 0.25) is 0 Å². The van der Waals surface area contributed by atoms with Crippen LogP contribution in [0.4, 0.5) is 8.78 Å². The average molecular weight is 306 g/mol. The standard InChI is InChI=1S/C13H20F2N2O2S/c1-4-11(8(2)3)17-20(18,19)12-6-5-10(14)9(7-16)13(12)15/h5-6,8,11,17H,4,7,16H2,1-3H3. The maximum atomic E-state index is 14.0. The third-order valence-electron chi connectivity index (χ3n) is 3.20. The van der Waals surface area contributed by atoms with E-state index in [1.165, 1.54) is 0 Å². The highest BCUT2D eigenvalue weighted by Gasteiger charge is 2.26. The SMILES string of the molecule is CCC(NS(=O)(=O)c1ccc(F)c(CN)c1F)C(C)C. The summed E-state index contributed by atoms with van der Waals surface area (Å²) in [4.78, 5) is -0.571. The quantitative estimate of drug-likeness (QED) is 0.845. The van der Waals surface area contributed by atoms with E-state index >= 15 is 0 Å². The Morgan fingerprint density at radius 3 is 2.35 bits per heavy atom. The van der Waals surface area contributed by atoms with Crippen molar-refractivity contribution in [2.75, 3.05) is 0 Å². The molecule has 0 saturated heterocycles. The normalized spacial score (nSPS) is 13.8. The van der Waals surface area contributed by atoms with Crippen molar-refractivity contribution >= 4 is 10.0 Å². The summed E-state index contributed by atoms with van der Waals surface area (Å²) in [5, 5.41) is 0. The minimum absolute atomic E-state index is 0.0623. The second-order valence-corrected chi connectivity index (χ2v) is 6.60. The molecule has 0 aliphatic rings. The van der Waals surface area contributed by atoms with Crippen molar-refractivity contribution < 1.29 is 17.2 Å². The molecule has 0 bridgehead atoms. The van der Waals surface area contributed by atoms with Crippen LogP contribution in [0.15, 0.2) is 17.0 Å². The summed E-state index contributed by atoms with van der Waals surface area (Å²) in [7, 11) is -4.04. The van der Waals surface area contributed by atoms with Crippen molar-refractivity contribution in [3.8, 4) is 0 Å². The van der Waals surface area contributed by atoms with Gasteiger partial charge >= 0.3 is 0 Å². The van der Waals surface area contributed by atoms with E-state index in [-0.39, 0.29) is 12.0 Å². The summed E-state index contributed by atoms with van der Waals surface area (Å²) in [6.45, 7) is 5.16. The first-order valence-corrected chi connectivity index (χ1v) is 7.92. The van der Waals surface area contributed by atoms with Crippen LogP contribution in [0.3, 0.4) is 0 Å². The van der Waals surface area contributed by atoms with Gasteiger partial charge in [-0.3, -0.25) is 0 Å². The smallest absolute Gasteiger partial charge is 0.243 e. The number of nitrogens with one attached hydrogen (secondary N) is 1. The number of benzene rings is 1. The number of sulfonamides is 1. The van der Waals surface area contributed by atoms with Crippen LogP contribution in [-0.4, -0.2) is 14.5 Å². The van der Waals surface area contributed by atoms with E-state index in [4.69, 9.17) is 5.73 Å². The monoisotopic (exact) mass is 306 g/mol. The van der Waals surface area contributed by atoms with Gasteiger partial charge in [0.15, 0.2) is 5.82 Å². The van der Waals surface area contributed by atoms with Gasteiger partial charge < -0.3 is 5.73 Å². The van der Waals surface area contributed by atoms with Crippen LogP contribution < -0.4 is 10.5 Å². The Morgan fingerprint density at radius 2 is 1.90 bits per heavy atom. The predicted octanol–water partition coefficient (Wildman–Crippen LogP) is 2.14. The van der Waals surface area contributed by atoms with E-state index in [0.29, 0.717) is 6.42 Å². The van der Waals surface area contributed by atoms with E-state index < -0.39 is 38.7 Å². The lowest BCUT2D eigenvalue weighted by atomic mass is 10.0. The average Bonchev–Trinajstić information content (AvgIpc) is 2.35.